The van der Waals surface area contributed by atoms with E-state index in [4.69, 9.17) is 4.74 Å². The Morgan fingerprint density at radius 1 is 1.28 bits per heavy atom. The molecule has 1 aliphatic rings. The van der Waals surface area contributed by atoms with Crippen LogP contribution in [0.1, 0.15) is 53.1 Å². The second kappa shape index (κ2) is 9.90. The molecule has 1 aliphatic heterocycles. The average molecular weight is 449 g/mol. The van der Waals surface area contributed by atoms with E-state index in [9.17, 15) is 28.3 Å². The number of likely N-dealkylation sites (N-methyl/N-ethyl adjacent to an activating group) is 1. The third-order valence-electron chi connectivity index (χ3n) is 5.27. The third kappa shape index (κ3) is 4.64. The lowest BCUT2D eigenvalue weighted by atomic mass is 10.1. The fourth-order valence-electron chi connectivity index (χ4n) is 3.50. The highest BCUT2D eigenvalue weighted by atomic mass is 19.1. The van der Waals surface area contributed by atoms with Crippen LogP contribution in [0, 0.1) is 11.6 Å². The Hall–Kier alpha value is -3.27. The van der Waals surface area contributed by atoms with Crippen LogP contribution in [0.3, 0.4) is 0 Å². The molecule has 1 unspecified atom stereocenters. The summed E-state index contributed by atoms with van der Waals surface area (Å²) in [6.45, 7) is 4.35. The molecule has 1 aromatic carbocycles. The summed E-state index contributed by atoms with van der Waals surface area (Å²) in [7, 11) is 0. The molecule has 3 rings (SSSR count). The monoisotopic (exact) mass is 449 g/mol. The van der Waals surface area contributed by atoms with Crippen molar-refractivity contribution in [3.8, 4) is 5.75 Å². The van der Waals surface area contributed by atoms with Crippen molar-refractivity contribution < 1.29 is 28.2 Å². The highest BCUT2D eigenvalue weighted by Crippen LogP contribution is 2.24. The van der Waals surface area contributed by atoms with Gasteiger partial charge in [0, 0.05) is 37.5 Å². The van der Waals surface area contributed by atoms with Gasteiger partial charge in [0.25, 0.3) is 11.8 Å². The summed E-state index contributed by atoms with van der Waals surface area (Å²) in [5.41, 5.74) is -1.60. The number of hydrogen-bond donors (Lipinski definition) is 2. The number of hydrogen-bond acceptors (Lipinski definition) is 5. The summed E-state index contributed by atoms with van der Waals surface area (Å²) >= 11 is 0. The number of carbonyl (C=O) groups excluding carboxylic acids is 2. The van der Waals surface area contributed by atoms with Crippen LogP contribution in [0.15, 0.2) is 29.2 Å². The molecule has 0 bridgehead atoms. The van der Waals surface area contributed by atoms with Crippen molar-refractivity contribution in [3.05, 3.63) is 63.1 Å². The summed E-state index contributed by atoms with van der Waals surface area (Å²) < 4.78 is 34.0. The maximum atomic E-state index is 13.8. The zero-order valence-electron chi connectivity index (χ0n) is 17.9. The van der Waals surface area contributed by atoms with Gasteiger partial charge in [-0.15, -0.1) is 0 Å². The first-order chi connectivity index (χ1) is 15.3. The first-order valence-corrected chi connectivity index (χ1v) is 10.4. The van der Waals surface area contributed by atoms with Crippen LogP contribution >= 0.6 is 0 Å². The minimum Gasteiger partial charge on any atom is -0.503 e. The summed E-state index contributed by atoms with van der Waals surface area (Å²) in [4.78, 5) is 39.5. The second-order valence-electron chi connectivity index (χ2n) is 7.41. The summed E-state index contributed by atoms with van der Waals surface area (Å²) in [6, 6.07) is 2.91. The maximum absolute atomic E-state index is 13.8. The van der Waals surface area contributed by atoms with Gasteiger partial charge in [0.2, 0.25) is 5.43 Å². The highest BCUT2D eigenvalue weighted by molar-refractivity contribution is 5.99. The minimum atomic E-state index is -1.01. The number of aromatic hydroxyl groups is 1. The summed E-state index contributed by atoms with van der Waals surface area (Å²) in [6.07, 6.45) is 2.29. The van der Waals surface area contributed by atoms with Gasteiger partial charge in [-0.05, 0) is 19.4 Å². The van der Waals surface area contributed by atoms with E-state index in [0.717, 1.165) is 18.9 Å². The zero-order chi connectivity index (χ0) is 23.4. The molecule has 1 atom stereocenters. The smallest absolute Gasteiger partial charge is 0.276 e. The number of pyridine rings is 1. The van der Waals surface area contributed by atoms with Crippen molar-refractivity contribution >= 4 is 11.8 Å². The van der Waals surface area contributed by atoms with Gasteiger partial charge in [0.05, 0.1) is 6.54 Å². The number of benzene rings is 1. The standard InChI is InChI=1S/C22H25F2N3O5/c1-3-5-8-32-17-12-26-11-15(19(28)20(29)18(26)22(31)27(17)4-2)21(30)25-10-13-6-7-14(23)9-16(13)24/h6-7,9,11,17,29H,3-5,8,10,12H2,1-2H3,(H,25,30). The molecule has 0 saturated carbocycles. The number of fused-ring (bicyclic) bond motifs is 1. The molecule has 32 heavy (non-hydrogen) atoms. The Bertz CT molecular complexity index is 1090. The van der Waals surface area contributed by atoms with Crippen molar-refractivity contribution in [3.63, 3.8) is 0 Å². The van der Waals surface area contributed by atoms with Crippen molar-refractivity contribution in [1.82, 2.24) is 14.8 Å². The molecule has 0 saturated heterocycles. The number of aromatic nitrogens is 1. The maximum Gasteiger partial charge on any atom is 0.276 e. The number of ether oxygens (including phenoxy) is 1. The molecule has 2 aromatic rings. The zero-order valence-corrected chi connectivity index (χ0v) is 17.9. The molecular weight excluding hydrogens is 424 g/mol. The van der Waals surface area contributed by atoms with Gasteiger partial charge in [0.15, 0.2) is 17.7 Å². The SMILES string of the molecule is CCCCOC1Cn2cc(C(=O)NCc3ccc(F)cc3F)c(=O)c(O)c2C(=O)N1CC. The predicted molar refractivity (Wildman–Crippen MR) is 111 cm³/mol. The van der Waals surface area contributed by atoms with Crippen LogP contribution in [0.5, 0.6) is 5.75 Å². The van der Waals surface area contributed by atoms with Gasteiger partial charge in [-0.3, -0.25) is 14.4 Å². The number of rotatable bonds is 8. The Morgan fingerprint density at radius 3 is 2.69 bits per heavy atom. The number of unbranched alkanes of at least 4 members (excludes halogenated alkanes) is 1. The number of amides is 2. The summed E-state index contributed by atoms with van der Waals surface area (Å²) in [5.74, 6) is -3.86. The molecule has 2 heterocycles. The Balaban J connectivity index is 1.87. The van der Waals surface area contributed by atoms with Crippen LogP contribution in [-0.2, 0) is 17.8 Å². The number of nitrogens with zero attached hydrogens (tertiary/aromatic N) is 2. The second-order valence-corrected chi connectivity index (χ2v) is 7.41. The lowest BCUT2D eigenvalue weighted by Gasteiger charge is -2.37. The fraction of sp³-hybridized carbons (Fsp3) is 0.409. The summed E-state index contributed by atoms with van der Waals surface area (Å²) in [5, 5.41) is 12.8. The van der Waals surface area contributed by atoms with E-state index in [-0.39, 0.29) is 24.3 Å². The van der Waals surface area contributed by atoms with E-state index in [2.05, 4.69) is 5.32 Å². The lowest BCUT2D eigenvalue weighted by Crippen LogP contribution is -2.50. The molecule has 10 heteroatoms. The molecule has 0 spiro atoms. The predicted octanol–water partition coefficient (Wildman–Crippen LogP) is 2.38. The molecule has 1 aromatic heterocycles. The van der Waals surface area contributed by atoms with E-state index < -0.39 is 46.4 Å². The van der Waals surface area contributed by atoms with Crippen LogP contribution in [-0.4, -0.2) is 45.8 Å². The number of nitrogens with one attached hydrogen (secondary N) is 1. The van der Waals surface area contributed by atoms with Crippen molar-refractivity contribution in [2.75, 3.05) is 13.2 Å². The number of carbonyl (C=O) groups is 2. The number of halogens is 2. The van der Waals surface area contributed by atoms with Crippen LogP contribution in [0.2, 0.25) is 0 Å². The van der Waals surface area contributed by atoms with Gasteiger partial charge in [-0.25, -0.2) is 8.78 Å². The van der Waals surface area contributed by atoms with Crippen LogP contribution in [0.25, 0.3) is 0 Å². The van der Waals surface area contributed by atoms with Crippen molar-refractivity contribution in [1.29, 1.82) is 0 Å². The van der Waals surface area contributed by atoms with Gasteiger partial charge in [0.1, 0.15) is 17.2 Å². The van der Waals surface area contributed by atoms with E-state index >= 15 is 0 Å². The van der Waals surface area contributed by atoms with Crippen LogP contribution in [0.4, 0.5) is 8.78 Å². The van der Waals surface area contributed by atoms with E-state index in [1.165, 1.54) is 21.7 Å². The normalized spacial score (nSPS) is 15.6. The lowest BCUT2D eigenvalue weighted by molar-refractivity contribution is -0.0615. The molecule has 2 amide bonds. The molecule has 0 radical (unpaired) electrons. The minimum absolute atomic E-state index is 0.0280. The first kappa shape index (κ1) is 23.4. The first-order valence-electron chi connectivity index (χ1n) is 10.4. The Kier molecular flexibility index (Phi) is 7.24. The van der Waals surface area contributed by atoms with Gasteiger partial charge in [-0.1, -0.05) is 19.4 Å². The fourth-order valence-corrected chi connectivity index (χ4v) is 3.50. The van der Waals surface area contributed by atoms with Crippen molar-refractivity contribution in [2.45, 2.75) is 46.0 Å². The van der Waals surface area contributed by atoms with E-state index in [1.807, 2.05) is 6.92 Å². The van der Waals surface area contributed by atoms with Gasteiger partial charge < -0.3 is 24.6 Å². The average Bonchev–Trinajstić information content (AvgIpc) is 2.75. The third-order valence-corrected chi connectivity index (χ3v) is 5.27. The largest absolute Gasteiger partial charge is 0.503 e. The Morgan fingerprint density at radius 2 is 2.03 bits per heavy atom. The Labute approximate surface area is 183 Å². The van der Waals surface area contributed by atoms with Gasteiger partial charge in [-0.2, -0.15) is 0 Å². The van der Waals surface area contributed by atoms with Crippen LogP contribution < -0.4 is 10.7 Å². The van der Waals surface area contributed by atoms with E-state index in [0.29, 0.717) is 19.2 Å². The molecule has 0 fully saturated rings. The molecular formula is C22H25F2N3O5. The molecule has 2 N–H and O–H groups in total. The van der Waals surface area contributed by atoms with E-state index in [1.54, 1.807) is 6.92 Å². The highest BCUT2D eigenvalue weighted by Gasteiger charge is 2.36. The quantitative estimate of drug-likeness (QED) is 0.603. The topological polar surface area (TPSA) is 101 Å². The molecule has 172 valence electrons. The van der Waals surface area contributed by atoms with Crippen molar-refractivity contribution in [2.24, 2.45) is 0 Å². The molecule has 8 nitrogen and oxygen atoms in total. The van der Waals surface area contributed by atoms with Gasteiger partial charge >= 0.3 is 0 Å². The molecule has 0 aliphatic carbocycles.